The number of carboxylic acids is 2. The van der Waals surface area contributed by atoms with Gasteiger partial charge in [0.05, 0.1) is 11.1 Å². The molecule has 0 unspecified atom stereocenters. The highest BCUT2D eigenvalue weighted by Crippen LogP contribution is 2.55. The number of alkyl halides is 6. The number of halogens is 6. The van der Waals surface area contributed by atoms with Crippen LogP contribution in [-0.4, -0.2) is 45.9 Å². The standard InChI is InChI=1S/C15H17F6NO4/c1-4-13(5-2)7(11(23)24)9(14(16,17)18)22(6-3)10(15(19,20)21)8(13)12(25)26/h4-6H2,1-3H3,(H,23,24)(H,25,26). The molecule has 1 heterocycles. The maximum Gasteiger partial charge on any atom is 0.432 e. The Kier molecular flexibility index (Phi) is 5.75. The van der Waals surface area contributed by atoms with Gasteiger partial charge in [-0.25, -0.2) is 9.59 Å². The van der Waals surface area contributed by atoms with E-state index >= 15 is 0 Å². The Balaban J connectivity index is 4.24. The quantitative estimate of drug-likeness (QED) is 0.697. The minimum Gasteiger partial charge on any atom is -0.478 e. The molecule has 0 aromatic heterocycles. The number of aliphatic carboxylic acids is 2. The predicted octanol–water partition coefficient (Wildman–Crippen LogP) is 3.93. The SMILES string of the molecule is CCN1C(C(F)(F)F)=C(C(=O)O)C(CC)(CC)C(C(=O)O)=C1C(F)(F)F. The Morgan fingerprint density at radius 3 is 1.31 bits per heavy atom. The van der Waals surface area contributed by atoms with Crippen molar-refractivity contribution in [1.82, 2.24) is 4.90 Å². The van der Waals surface area contributed by atoms with Gasteiger partial charge >= 0.3 is 24.3 Å². The van der Waals surface area contributed by atoms with E-state index in [1.165, 1.54) is 0 Å². The molecule has 0 fully saturated rings. The molecule has 1 aliphatic rings. The van der Waals surface area contributed by atoms with Gasteiger partial charge in [0.25, 0.3) is 0 Å². The van der Waals surface area contributed by atoms with Crippen molar-refractivity contribution in [3.05, 3.63) is 22.5 Å². The van der Waals surface area contributed by atoms with E-state index < -0.39 is 71.6 Å². The molecule has 148 valence electrons. The summed E-state index contributed by atoms with van der Waals surface area (Å²) in [5.41, 5.74) is -9.20. The normalized spacial score (nSPS) is 18.4. The van der Waals surface area contributed by atoms with E-state index in [4.69, 9.17) is 0 Å². The van der Waals surface area contributed by atoms with Crippen LogP contribution in [0.15, 0.2) is 22.5 Å². The Hall–Kier alpha value is -2.20. The van der Waals surface area contributed by atoms with Crippen LogP contribution in [0.4, 0.5) is 26.3 Å². The summed E-state index contributed by atoms with van der Waals surface area (Å²) in [5.74, 6) is -4.22. The van der Waals surface area contributed by atoms with Crippen molar-refractivity contribution in [1.29, 1.82) is 0 Å². The summed E-state index contributed by atoms with van der Waals surface area (Å²) in [7, 11) is 0. The average Bonchev–Trinajstić information content (AvgIpc) is 2.49. The van der Waals surface area contributed by atoms with E-state index in [0.717, 1.165) is 20.8 Å². The van der Waals surface area contributed by atoms with Crippen LogP contribution in [0, 0.1) is 5.41 Å². The number of rotatable bonds is 5. The largest absolute Gasteiger partial charge is 0.478 e. The molecule has 0 spiro atoms. The lowest BCUT2D eigenvalue weighted by atomic mass is 9.66. The number of carbonyl (C=O) groups is 2. The zero-order chi connectivity index (χ0) is 20.7. The Bertz CT molecular complexity index is 619. The molecule has 2 N–H and O–H groups in total. The third-order valence-electron chi connectivity index (χ3n) is 4.46. The molecule has 0 saturated heterocycles. The van der Waals surface area contributed by atoms with Crippen molar-refractivity contribution >= 4 is 11.9 Å². The van der Waals surface area contributed by atoms with E-state index in [1.807, 2.05) is 0 Å². The van der Waals surface area contributed by atoms with Crippen molar-refractivity contribution in [2.75, 3.05) is 6.54 Å². The number of nitrogens with zero attached hydrogens (tertiary/aromatic N) is 1. The first kappa shape index (κ1) is 21.8. The fourth-order valence-electron chi connectivity index (χ4n) is 3.43. The molecule has 1 rings (SSSR count). The second-order valence-corrected chi connectivity index (χ2v) is 5.59. The summed E-state index contributed by atoms with van der Waals surface area (Å²) in [5, 5.41) is 18.8. The van der Waals surface area contributed by atoms with Crippen LogP contribution >= 0.6 is 0 Å². The number of hydrogen-bond donors (Lipinski definition) is 2. The van der Waals surface area contributed by atoms with Gasteiger partial charge in [0.1, 0.15) is 11.4 Å². The molecule has 0 saturated carbocycles. The first-order valence-corrected chi connectivity index (χ1v) is 7.58. The molecule has 1 aliphatic heterocycles. The molecule has 11 heteroatoms. The summed E-state index contributed by atoms with van der Waals surface area (Å²) in [6, 6.07) is 0. The topological polar surface area (TPSA) is 77.8 Å². The van der Waals surface area contributed by atoms with Gasteiger partial charge in [-0.15, -0.1) is 0 Å². The maximum atomic E-state index is 13.6. The second kappa shape index (κ2) is 6.84. The zero-order valence-corrected chi connectivity index (χ0v) is 14.0. The molecule has 26 heavy (non-hydrogen) atoms. The molecule has 0 bridgehead atoms. The molecule has 0 amide bonds. The zero-order valence-electron chi connectivity index (χ0n) is 14.0. The first-order valence-electron chi connectivity index (χ1n) is 7.58. The van der Waals surface area contributed by atoms with Crippen molar-refractivity contribution in [2.24, 2.45) is 5.41 Å². The van der Waals surface area contributed by atoms with Gasteiger partial charge in [0, 0.05) is 12.0 Å². The van der Waals surface area contributed by atoms with E-state index in [0.29, 0.717) is 0 Å². The summed E-state index contributed by atoms with van der Waals surface area (Å²) in [6.45, 7) is 2.33. The summed E-state index contributed by atoms with van der Waals surface area (Å²) >= 11 is 0. The van der Waals surface area contributed by atoms with Gasteiger partial charge in [-0.1, -0.05) is 13.8 Å². The van der Waals surface area contributed by atoms with Crippen LogP contribution in [0.3, 0.4) is 0 Å². The number of carboxylic acid groups (broad SMARTS) is 2. The predicted molar refractivity (Wildman–Crippen MR) is 76.8 cm³/mol. The minimum atomic E-state index is -5.43. The van der Waals surface area contributed by atoms with Crippen LogP contribution in [-0.2, 0) is 9.59 Å². The summed E-state index contributed by atoms with van der Waals surface area (Å²) in [6.07, 6.45) is -12.0. The molecule has 0 aromatic rings. The van der Waals surface area contributed by atoms with Crippen molar-refractivity contribution < 1.29 is 46.1 Å². The lowest BCUT2D eigenvalue weighted by Gasteiger charge is -2.45. The monoisotopic (exact) mass is 389 g/mol. The molecular weight excluding hydrogens is 372 g/mol. The average molecular weight is 389 g/mol. The minimum absolute atomic E-state index is 0.309. The van der Waals surface area contributed by atoms with E-state index in [2.05, 4.69) is 0 Å². The molecule has 0 atom stereocenters. The number of hydrogen-bond acceptors (Lipinski definition) is 3. The summed E-state index contributed by atoms with van der Waals surface area (Å²) in [4.78, 5) is 23.0. The number of allylic oxidation sites excluding steroid dienone is 2. The highest BCUT2D eigenvalue weighted by Gasteiger charge is 2.60. The van der Waals surface area contributed by atoms with Gasteiger partial charge < -0.3 is 15.1 Å². The van der Waals surface area contributed by atoms with Crippen molar-refractivity contribution in [3.63, 3.8) is 0 Å². The van der Waals surface area contributed by atoms with Crippen LogP contribution < -0.4 is 0 Å². The molecule has 0 radical (unpaired) electrons. The van der Waals surface area contributed by atoms with Crippen LogP contribution in [0.5, 0.6) is 0 Å². The van der Waals surface area contributed by atoms with Crippen molar-refractivity contribution in [2.45, 2.75) is 46.0 Å². The van der Waals surface area contributed by atoms with Gasteiger partial charge in [-0.05, 0) is 19.8 Å². The van der Waals surface area contributed by atoms with E-state index in [-0.39, 0.29) is 4.90 Å². The smallest absolute Gasteiger partial charge is 0.432 e. The lowest BCUT2D eigenvalue weighted by Crippen LogP contribution is -2.50. The molecule has 0 aromatic carbocycles. The first-order chi connectivity index (χ1) is 11.7. The van der Waals surface area contributed by atoms with Crippen LogP contribution in [0.2, 0.25) is 0 Å². The maximum absolute atomic E-state index is 13.6. The Morgan fingerprint density at radius 1 is 0.846 bits per heavy atom. The molecule has 5 nitrogen and oxygen atoms in total. The fourth-order valence-corrected chi connectivity index (χ4v) is 3.43. The highest BCUT2D eigenvalue weighted by atomic mass is 19.4. The second-order valence-electron chi connectivity index (χ2n) is 5.59. The third kappa shape index (κ3) is 3.26. The lowest BCUT2D eigenvalue weighted by molar-refractivity contribution is -0.150. The van der Waals surface area contributed by atoms with Gasteiger partial charge in [-0.3, -0.25) is 0 Å². The van der Waals surface area contributed by atoms with Gasteiger partial charge in [0.2, 0.25) is 0 Å². The van der Waals surface area contributed by atoms with Crippen LogP contribution in [0.1, 0.15) is 33.6 Å². The van der Waals surface area contributed by atoms with Gasteiger partial charge in [-0.2, -0.15) is 26.3 Å². The molecular formula is C15H17F6NO4. The van der Waals surface area contributed by atoms with E-state index in [1.54, 1.807) is 0 Å². The Morgan fingerprint density at radius 2 is 1.15 bits per heavy atom. The van der Waals surface area contributed by atoms with Crippen molar-refractivity contribution in [3.8, 4) is 0 Å². The summed E-state index contributed by atoms with van der Waals surface area (Å²) < 4.78 is 81.6. The fraction of sp³-hybridized carbons (Fsp3) is 0.600. The molecule has 0 aliphatic carbocycles. The Labute approximate surface area is 144 Å². The van der Waals surface area contributed by atoms with E-state index in [9.17, 15) is 46.1 Å². The van der Waals surface area contributed by atoms with Crippen LogP contribution in [0.25, 0.3) is 0 Å². The highest BCUT2D eigenvalue weighted by molar-refractivity contribution is 5.98. The van der Waals surface area contributed by atoms with Gasteiger partial charge in [0.15, 0.2) is 0 Å². The third-order valence-corrected chi connectivity index (χ3v) is 4.46.